The molecule has 0 heterocycles. The van der Waals surface area contributed by atoms with E-state index in [2.05, 4.69) is 129 Å². The van der Waals surface area contributed by atoms with E-state index in [0.717, 1.165) is 77.0 Å². The molecular formula is C64H109NO8P+. The Morgan fingerprint density at radius 1 is 0.432 bits per heavy atom. The smallest absolute Gasteiger partial charge is 0.462 e. The number of quaternary nitrogens is 1. The summed E-state index contributed by atoms with van der Waals surface area (Å²) in [6.07, 6.45) is 77.0. The van der Waals surface area contributed by atoms with E-state index in [1.54, 1.807) is 0 Å². The van der Waals surface area contributed by atoms with Gasteiger partial charge >= 0.3 is 19.8 Å². The molecule has 0 bridgehead atoms. The SMILES string of the molecule is CC/C=C\C/C=C\C/C=C\C/C=C\C/C=C\C/C=C\C/C=C\CCCC(=O)OC(COC(=O)CCCCCCCCCCCCCC/C=C\C/C=C\C/C=C\CCCCCCC)COP(=O)(O)OCC[N+](C)(C)C. The van der Waals surface area contributed by atoms with Crippen LogP contribution in [-0.4, -0.2) is 74.9 Å². The van der Waals surface area contributed by atoms with Crippen LogP contribution in [0.1, 0.15) is 219 Å². The van der Waals surface area contributed by atoms with Crippen molar-refractivity contribution in [3.8, 4) is 0 Å². The number of allylic oxidation sites excluding steroid dienone is 20. The van der Waals surface area contributed by atoms with E-state index in [1.165, 1.54) is 103 Å². The average molecular weight is 1050 g/mol. The molecule has 0 saturated heterocycles. The quantitative estimate of drug-likeness (QED) is 0.0211. The molecule has 0 aromatic carbocycles. The zero-order valence-corrected chi connectivity index (χ0v) is 48.7. The lowest BCUT2D eigenvalue weighted by atomic mass is 10.0. The molecular weight excluding hydrogens is 942 g/mol. The first kappa shape index (κ1) is 70.4. The molecule has 2 atom stereocenters. The number of nitrogens with zero attached hydrogens (tertiary/aromatic N) is 1. The molecule has 0 rings (SSSR count). The lowest BCUT2D eigenvalue weighted by Gasteiger charge is -2.24. The highest BCUT2D eigenvalue weighted by molar-refractivity contribution is 7.47. The maximum atomic E-state index is 12.8. The summed E-state index contributed by atoms with van der Waals surface area (Å²) in [7, 11) is 1.42. The summed E-state index contributed by atoms with van der Waals surface area (Å²) < 4.78 is 34.5. The topological polar surface area (TPSA) is 108 Å². The Labute approximate surface area is 454 Å². The summed E-state index contributed by atoms with van der Waals surface area (Å²) in [6.45, 7) is 4.23. The van der Waals surface area contributed by atoms with Crippen molar-refractivity contribution in [3.63, 3.8) is 0 Å². The molecule has 0 amide bonds. The van der Waals surface area contributed by atoms with Gasteiger partial charge in [-0.25, -0.2) is 4.57 Å². The number of rotatable bonds is 52. The van der Waals surface area contributed by atoms with Gasteiger partial charge in [-0.15, -0.1) is 0 Å². The number of carbonyl (C=O) groups excluding carboxylic acids is 2. The first-order valence-electron chi connectivity index (χ1n) is 29.3. The van der Waals surface area contributed by atoms with Crippen LogP contribution < -0.4 is 0 Å². The third-order valence-corrected chi connectivity index (χ3v) is 13.0. The summed E-state index contributed by atoms with van der Waals surface area (Å²) in [4.78, 5) is 35.7. The highest BCUT2D eigenvalue weighted by atomic mass is 31.2. The van der Waals surface area contributed by atoms with Gasteiger partial charge in [-0.2, -0.15) is 0 Å². The highest BCUT2D eigenvalue weighted by Crippen LogP contribution is 2.43. The van der Waals surface area contributed by atoms with Crippen LogP contribution in [0, 0.1) is 0 Å². The number of unbranched alkanes of at least 4 members (excludes halogenated alkanes) is 18. The van der Waals surface area contributed by atoms with Crippen LogP contribution in [0.2, 0.25) is 0 Å². The molecule has 0 spiro atoms. The standard InChI is InChI=1S/C64H108NO8P/c1-6-8-10-12-14-16-18-20-22-24-26-28-30-31-32-33-35-36-38-40-42-44-46-48-50-52-54-56-63(66)70-60-62(61-72-74(68,69)71-59-58-65(3,4)5)73-64(67)57-55-53-51-49-47-45-43-41-39-37-34-29-27-25-23-21-19-17-15-13-11-9-7-2/h9,11,15,17-18,20-21,23-24,26-27,29-31,37,39,43,45,49,51,62H,6-8,10,12-14,16,19,22,25,28,32-36,38,40-42,44,46-48,50,52-61H2,1-5H3/p+1/b11-9-,17-15-,20-18-,23-21-,26-24-,29-27-,31-30-,39-37-,45-43-,51-49-. The number of carbonyl (C=O) groups is 2. The van der Waals surface area contributed by atoms with Crippen LogP contribution in [0.25, 0.3) is 0 Å². The second-order valence-corrected chi connectivity index (χ2v) is 21.7. The van der Waals surface area contributed by atoms with Gasteiger partial charge in [0.05, 0.1) is 27.7 Å². The Balaban J connectivity index is 4.28. The molecule has 74 heavy (non-hydrogen) atoms. The van der Waals surface area contributed by atoms with E-state index in [0.29, 0.717) is 23.9 Å². The second-order valence-electron chi connectivity index (χ2n) is 20.3. The summed E-state index contributed by atoms with van der Waals surface area (Å²) in [5, 5.41) is 0. The minimum Gasteiger partial charge on any atom is -0.462 e. The molecule has 422 valence electrons. The van der Waals surface area contributed by atoms with E-state index < -0.39 is 26.5 Å². The van der Waals surface area contributed by atoms with Crippen LogP contribution in [0.5, 0.6) is 0 Å². The van der Waals surface area contributed by atoms with Crippen LogP contribution in [-0.2, 0) is 32.7 Å². The molecule has 0 radical (unpaired) electrons. The van der Waals surface area contributed by atoms with Gasteiger partial charge in [-0.3, -0.25) is 18.6 Å². The van der Waals surface area contributed by atoms with Crippen LogP contribution in [0.15, 0.2) is 122 Å². The number of likely N-dealkylation sites (N-methyl/N-ethyl adjacent to an activating group) is 1. The van der Waals surface area contributed by atoms with Crippen LogP contribution in [0.3, 0.4) is 0 Å². The van der Waals surface area contributed by atoms with E-state index in [-0.39, 0.29) is 32.0 Å². The fraction of sp³-hybridized carbons (Fsp3) is 0.656. The van der Waals surface area contributed by atoms with Crippen molar-refractivity contribution in [1.29, 1.82) is 0 Å². The van der Waals surface area contributed by atoms with E-state index in [1.807, 2.05) is 27.2 Å². The van der Waals surface area contributed by atoms with Gasteiger partial charge < -0.3 is 18.9 Å². The molecule has 0 aliphatic carbocycles. The predicted octanol–water partition coefficient (Wildman–Crippen LogP) is 18.4. The third kappa shape index (κ3) is 57.7. The van der Waals surface area contributed by atoms with Gasteiger partial charge in [0.2, 0.25) is 0 Å². The van der Waals surface area contributed by atoms with Gasteiger partial charge in [0.1, 0.15) is 19.8 Å². The van der Waals surface area contributed by atoms with Crippen molar-refractivity contribution in [1.82, 2.24) is 0 Å². The Bertz CT molecular complexity index is 1660. The molecule has 2 unspecified atom stereocenters. The monoisotopic (exact) mass is 1050 g/mol. The summed E-state index contributed by atoms with van der Waals surface area (Å²) >= 11 is 0. The molecule has 10 heteroatoms. The fourth-order valence-corrected chi connectivity index (χ4v) is 8.22. The molecule has 0 fully saturated rings. The van der Waals surface area contributed by atoms with E-state index in [9.17, 15) is 19.0 Å². The van der Waals surface area contributed by atoms with Crippen molar-refractivity contribution in [2.24, 2.45) is 0 Å². The summed E-state index contributed by atoms with van der Waals surface area (Å²) in [5.74, 6) is -0.876. The summed E-state index contributed by atoms with van der Waals surface area (Å²) in [5.41, 5.74) is 0. The van der Waals surface area contributed by atoms with Crippen molar-refractivity contribution in [3.05, 3.63) is 122 Å². The number of ether oxygens (including phenoxy) is 2. The van der Waals surface area contributed by atoms with Crippen molar-refractivity contribution >= 4 is 19.8 Å². The van der Waals surface area contributed by atoms with Gasteiger partial charge in [-0.1, -0.05) is 225 Å². The average Bonchev–Trinajstić information content (AvgIpc) is 3.36. The molecule has 9 nitrogen and oxygen atoms in total. The Morgan fingerprint density at radius 3 is 1.19 bits per heavy atom. The Kier molecular flexibility index (Phi) is 51.6. The molecule has 0 aromatic rings. The molecule has 0 aliphatic heterocycles. The maximum absolute atomic E-state index is 12.8. The fourth-order valence-electron chi connectivity index (χ4n) is 7.48. The largest absolute Gasteiger partial charge is 0.472 e. The normalized spacial score (nSPS) is 14.2. The number of phosphoric acid groups is 1. The number of hydrogen-bond donors (Lipinski definition) is 1. The minimum atomic E-state index is -4.41. The van der Waals surface area contributed by atoms with Crippen molar-refractivity contribution in [2.45, 2.75) is 225 Å². The summed E-state index contributed by atoms with van der Waals surface area (Å²) in [6, 6.07) is 0. The zero-order valence-electron chi connectivity index (χ0n) is 47.8. The number of esters is 2. The Morgan fingerprint density at radius 2 is 0.784 bits per heavy atom. The maximum Gasteiger partial charge on any atom is 0.472 e. The van der Waals surface area contributed by atoms with Gasteiger partial charge in [0.15, 0.2) is 6.10 Å². The minimum absolute atomic E-state index is 0.0138. The van der Waals surface area contributed by atoms with Gasteiger partial charge in [-0.05, 0) is 103 Å². The molecule has 0 aromatic heterocycles. The molecule has 0 aliphatic rings. The van der Waals surface area contributed by atoms with Gasteiger partial charge in [0.25, 0.3) is 0 Å². The number of phosphoric ester groups is 1. The highest BCUT2D eigenvalue weighted by Gasteiger charge is 2.27. The first-order chi connectivity index (χ1) is 36.0. The third-order valence-electron chi connectivity index (χ3n) is 12.0. The Hall–Kier alpha value is -3.59. The van der Waals surface area contributed by atoms with Gasteiger partial charge in [0, 0.05) is 12.8 Å². The van der Waals surface area contributed by atoms with Crippen molar-refractivity contribution < 1.29 is 42.1 Å². The number of hydrogen-bond acceptors (Lipinski definition) is 7. The first-order valence-corrected chi connectivity index (χ1v) is 30.8. The van der Waals surface area contributed by atoms with Crippen molar-refractivity contribution in [2.75, 3.05) is 47.5 Å². The van der Waals surface area contributed by atoms with Crippen LogP contribution in [0.4, 0.5) is 0 Å². The predicted molar refractivity (Wildman–Crippen MR) is 316 cm³/mol. The zero-order chi connectivity index (χ0) is 54.2. The molecule has 0 saturated carbocycles. The molecule has 1 N–H and O–H groups in total. The van der Waals surface area contributed by atoms with Crippen LogP contribution >= 0.6 is 7.82 Å². The lowest BCUT2D eigenvalue weighted by molar-refractivity contribution is -0.870. The lowest BCUT2D eigenvalue weighted by Crippen LogP contribution is -2.37. The second kappa shape index (κ2) is 54.2. The van der Waals surface area contributed by atoms with E-state index >= 15 is 0 Å². The van der Waals surface area contributed by atoms with E-state index in [4.69, 9.17) is 18.5 Å².